The molecule has 0 spiro atoms. The molecule has 0 unspecified atom stereocenters. The Labute approximate surface area is 105 Å². The Balaban J connectivity index is 2.50. The number of aliphatic hydroxyl groups excluding tert-OH is 1. The molecular weight excluding hydrogens is 232 g/mol. The average molecular weight is 248 g/mol. The standard InChI is InChI=1S/C12H16N4O2/c1-8(2)10-6-9(4-5-11(10)18-3)16-12(7-17)13-14-15-16/h4-6,8,17H,7H2,1-3H3. The van der Waals surface area contributed by atoms with Gasteiger partial charge >= 0.3 is 0 Å². The highest BCUT2D eigenvalue weighted by Crippen LogP contribution is 2.28. The van der Waals surface area contributed by atoms with Gasteiger partial charge in [0.15, 0.2) is 5.82 Å². The van der Waals surface area contributed by atoms with Crippen molar-refractivity contribution in [3.8, 4) is 11.4 Å². The summed E-state index contributed by atoms with van der Waals surface area (Å²) in [6.45, 7) is 3.98. The summed E-state index contributed by atoms with van der Waals surface area (Å²) in [4.78, 5) is 0. The van der Waals surface area contributed by atoms with Crippen molar-refractivity contribution in [2.75, 3.05) is 7.11 Å². The fraction of sp³-hybridized carbons (Fsp3) is 0.417. The lowest BCUT2D eigenvalue weighted by atomic mass is 10.0. The molecule has 0 saturated heterocycles. The van der Waals surface area contributed by atoms with Crippen molar-refractivity contribution < 1.29 is 9.84 Å². The number of rotatable bonds is 4. The molecular formula is C12H16N4O2. The minimum absolute atomic E-state index is 0.198. The van der Waals surface area contributed by atoms with Crippen LogP contribution in [0.1, 0.15) is 31.2 Å². The third kappa shape index (κ3) is 2.19. The highest BCUT2D eigenvalue weighted by atomic mass is 16.5. The summed E-state index contributed by atoms with van der Waals surface area (Å²) in [6, 6.07) is 5.72. The van der Waals surface area contributed by atoms with Gasteiger partial charge < -0.3 is 9.84 Å². The molecule has 1 aromatic carbocycles. The van der Waals surface area contributed by atoms with Crippen LogP contribution in [-0.4, -0.2) is 32.4 Å². The van der Waals surface area contributed by atoms with Crippen molar-refractivity contribution in [1.82, 2.24) is 20.2 Å². The van der Waals surface area contributed by atoms with Gasteiger partial charge in [-0.05, 0) is 40.1 Å². The van der Waals surface area contributed by atoms with Crippen LogP contribution in [-0.2, 0) is 6.61 Å². The van der Waals surface area contributed by atoms with Gasteiger partial charge in [0.1, 0.15) is 12.4 Å². The monoisotopic (exact) mass is 248 g/mol. The number of methoxy groups -OCH3 is 1. The van der Waals surface area contributed by atoms with Gasteiger partial charge in [-0.1, -0.05) is 13.8 Å². The van der Waals surface area contributed by atoms with E-state index < -0.39 is 0 Å². The normalized spacial score (nSPS) is 10.9. The first-order chi connectivity index (χ1) is 8.67. The second-order valence-corrected chi connectivity index (χ2v) is 4.25. The van der Waals surface area contributed by atoms with Crippen molar-refractivity contribution in [2.45, 2.75) is 26.4 Å². The predicted molar refractivity (Wildman–Crippen MR) is 65.7 cm³/mol. The van der Waals surface area contributed by atoms with Gasteiger partial charge in [0.2, 0.25) is 0 Å². The molecule has 0 amide bonds. The molecule has 0 fully saturated rings. The molecule has 18 heavy (non-hydrogen) atoms. The maximum atomic E-state index is 9.16. The van der Waals surface area contributed by atoms with Crippen LogP contribution in [0.4, 0.5) is 0 Å². The SMILES string of the molecule is COc1ccc(-n2nnnc2CO)cc1C(C)C. The smallest absolute Gasteiger partial charge is 0.182 e. The topological polar surface area (TPSA) is 73.1 Å². The van der Waals surface area contributed by atoms with E-state index in [1.54, 1.807) is 7.11 Å². The Bertz CT molecular complexity index is 537. The predicted octanol–water partition coefficient (Wildman–Crippen LogP) is 1.29. The highest BCUT2D eigenvalue weighted by molar-refractivity contribution is 5.45. The Hall–Kier alpha value is -1.95. The molecule has 0 aliphatic carbocycles. The van der Waals surface area contributed by atoms with E-state index in [0.717, 1.165) is 17.0 Å². The number of nitrogens with zero attached hydrogens (tertiary/aromatic N) is 4. The van der Waals surface area contributed by atoms with Crippen molar-refractivity contribution in [2.24, 2.45) is 0 Å². The molecule has 1 heterocycles. The lowest BCUT2D eigenvalue weighted by Crippen LogP contribution is -2.05. The lowest BCUT2D eigenvalue weighted by molar-refractivity contribution is 0.268. The molecule has 0 radical (unpaired) electrons. The average Bonchev–Trinajstić information content (AvgIpc) is 2.86. The second kappa shape index (κ2) is 5.14. The zero-order valence-corrected chi connectivity index (χ0v) is 10.7. The molecule has 0 aliphatic heterocycles. The molecule has 1 N–H and O–H groups in total. The third-order valence-electron chi connectivity index (χ3n) is 2.76. The third-order valence-corrected chi connectivity index (χ3v) is 2.76. The van der Waals surface area contributed by atoms with Gasteiger partial charge in [-0.15, -0.1) is 5.10 Å². The van der Waals surface area contributed by atoms with Crippen molar-refractivity contribution in [3.05, 3.63) is 29.6 Å². The number of tetrazole rings is 1. The van der Waals surface area contributed by atoms with Crippen LogP contribution in [0.2, 0.25) is 0 Å². The van der Waals surface area contributed by atoms with Gasteiger partial charge in [0.05, 0.1) is 12.8 Å². The number of hydrogen-bond donors (Lipinski definition) is 1. The fourth-order valence-corrected chi connectivity index (χ4v) is 1.81. The summed E-state index contributed by atoms with van der Waals surface area (Å²) in [5.74, 6) is 1.58. The van der Waals surface area contributed by atoms with Crippen LogP contribution >= 0.6 is 0 Å². The summed E-state index contributed by atoms with van der Waals surface area (Å²) in [5, 5.41) is 20.3. The minimum Gasteiger partial charge on any atom is -0.496 e. The summed E-state index contributed by atoms with van der Waals surface area (Å²) in [5.41, 5.74) is 1.89. The molecule has 6 heteroatoms. The summed E-state index contributed by atoms with van der Waals surface area (Å²) < 4.78 is 6.84. The van der Waals surface area contributed by atoms with E-state index in [-0.39, 0.29) is 6.61 Å². The Morgan fingerprint density at radius 2 is 2.17 bits per heavy atom. The fourth-order valence-electron chi connectivity index (χ4n) is 1.81. The second-order valence-electron chi connectivity index (χ2n) is 4.25. The quantitative estimate of drug-likeness (QED) is 0.882. The van der Waals surface area contributed by atoms with Gasteiger partial charge in [0.25, 0.3) is 0 Å². The molecule has 6 nitrogen and oxygen atoms in total. The summed E-state index contributed by atoms with van der Waals surface area (Å²) in [6.07, 6.45) is 0. The van der Waals surface area contributed by atoms with Crippen LogP contribution in [0, 0.1) is 0 Å². The molecule has 0 atom stereocenters. The Morgan fingerprint density at radius 3 is 2.78 bits per heavy atom. The summed E-state index contributed by atoms with van der Waals surface area (Å²) >= 11 is 0. The van der Waals surface area contributed by atoms with E-state index in [0.29, 0.717) is 11.7 Å². The zero-order chi connectivity index (χ0) is 13.1. The van der Waals surface area contributed by atoms with Crippen LogP contribution in [0.25, 0.3) is 5.69 Å². The largest absolute Gasteiger partial charge is 0.496 e. The molecule has 2 aromatic rings. The maximum Gasteiger partial charge on any atom is 0.182 e. The summed E-state index contributed by atoms with van der Waals surface area (Å²) in [7, 11) is 1.65. The van der Waals surface area contributed by atoms with Gasteiger partial charge in [0, 0.05) is 0 Å². The van der Waals surface area contributed by atoms with E-state index >= 15 is 0 Å². The van der Waals surface area contributed by atoms with Crippen LogP contribution in [0.5, 0.6) is 5.75 Å². The number of aliphatic hydroxyl groups is 1. The van der Waals surface area contributed by atoms with Gasteiger partial charge in [-0.2, -0.15) is 4.68 Å². The molecule has 0 saturated carbocycles. The van der Waals surface area contributed by atoms with E-state index in [1.165, 1.54) is 4.68 Å². The number of ether oxygens (including phenoxy) is 1. The van der Waals surface area contributed by atoms with Crippen LogP contribution < -0.4 is 4.74 Å². The van der Waals surface area contributed by atoms with E-state index in [9.17, 15) is 0 Å². The molecule has 96 valence electrons. The van der Waals surface area contributed by atoms with E-state index in [1.807, 2.05) is 18.2 Å². The molecule has 2 rings (SSSR count). The molecule has 0 aliphatic rings. The number of benzene rings is 1. The highest BCUT2D eigenvalue weighted by Gasteiger charge is 2.12. The van der Waals surface area contributed by atoms with Crippen LogP contribution in [0.3, 0.4) is 0 Å². The Kier molecular flexibility index (Phi) is 3.57. The first-order valence-electron chi connectivity index (χ1n) is 5.73. The molecule has 1 aromatic heterocycles. The van der Waals surface area contributed by atoms with Crippen molar-refractivity contribution >= 4 is 0 Å². The van der Waals surface area contributed by atoms with E-state index in [4.69, 9.17) is 9.84 Å². The van der Waals surface area contributed by atoms with Crippen molar-refractivity contribution in [1.29, 1.82) is 0 Å². The molecule has 0 bridgehead atoms. The zero-order valence-electron chi connectivity index (χ0n) is 10.7. The van der Waals surface area contributed by atoms with Crippen LogP contribution in [0.15, 0.2) is 18.2 Å². The first-order valence-corrected chi connectivity index (χ1v) is 5.73. The number of hydrogen-bond acceptors (Lipinski definition) is 5. The Morgan fingerprint density at radius 1 is 1.39 bits per heavy atom. The van der Waals surface area contributed by atoms with Gasteiger partial charge in [-0.25, -0.2) is 0 Å². The minimum atomic E-state index is -0.198. The van der Waals surface area contributed by atoms with E-state index in [2.05, 4.69) is 29.4 Å². The van der Waals surface area contributed by atoms with Gasteiger partial charge in [-0.3, -0.25) is 0 Å². The maximum absolute atomic E-state index is 9.16. The van der Waals surface area contributed by atoms with Crippen molar-refractivity contribution in [3.63, 3.8) is 0 Å². The first kappa shape index (κ1) is 12.5. The lowest BCUT2D eigenvalue weighted by Gasteiger charge is -2.13. The number of aromatic nitrogens is 4.